The molecule has 0 aromatic heterocycles. The monoisotopic (exact) mass is 827 g/mol. The SMILES string of the molecule is CCCCCCCCCCCCCCCCCC(=O)OCC(COP(=O)(O)OCC[N+](C)(C)C)OC(=O)CCC/C=C\C/C=C\C/C=C\C/C=C\CCC(O)CC. The summed E-state index contributed by atoms with van der Waals surface area (Å²) < 4.78 is 34.2. The van der Waals surface area contributed by atoms with Gasteiger partial charge in [0.2, 0.25) is 0 Å². The summed E-state index contributed by atoms with van der Waals surface area (Å²) in [6.07, 6.45) is 41.1. The number of phosphoric acid groups is 1. The van der Waals surface area contributed by atoms with Gasteiger partial charge in [-0.15, -0.1) is 0 Å². The number of aliphatic hydroxyl groups is 1. The van der Waals surface area contributed by atoms with Gasteiger partial charge in [0.05, 0.1) is 33.9 Å². The van der Waals surface area contributed by atoms with Crippen molar-refractivity contribution in [3.05, 3.63) is 48.6 Å². The van der Waals surface area contributed by atoms with Crippen LogP contribution in [0.2, 0.25) is 0 Å². The predicted octanol–water partition coefficient (Wildman–Crippen LogP) is 11.7. The smallest absolute Gasteiger partial charge is 0.462 e. The first-order chi connectivity index (χ1) is 27.4. The number of carbonyl (C=O) groups excluding carboxylic acids is 2. The molecule has 2 N–H and O–H groups in total. The maximum Gasteiger partial charge on any atom is 0.472 e. The number of nitrogens with zero attached hydrogens (tertiary/aromatic N) is 1. The molecular weight excluding hydrogens is 741 g/mol. The molecule has 0 radical (unpaired) electrons. The summed E-state index contributed by atoms with van der Waals surface area (Å²) in [5.74, 6) is -0.880. The van der Waals surface area contributed by atoms with Gasteiger partial charge in [0.15, 0.2) is 6.10 Å². The Hall–Kier alpha value is -2.07. The first-order valence-electron chi connectivity index (χ1n) is 22.4. The van der Waals surface area contributed by atoms with Gasteiger partial charge in [-0.25, -0.2) is 4.57 Å². The van der Waals surface area contributed by atoms with Crippen molar-refractivity contribution in [3.8, 4) is 0 Å². The van der Waals surface area contributed by atoms with Crippen LogP contribution >= 0.6 is 7.82 Å². The average Bonchev–Trinajstić information content (AvgIpc) is 3.16. The molecule has 0 amide bonds. The fraction of sp³-hybridized carbons (Fsp3) is 0.783. The molecule has 0 aromatic rings. The number of phosphoric ester groups is 1. The first-order valence-corrected chi connectivity index (χ1v) is 23.9. The van der Waals surface area contributed by atoms with Crippen molar-refractivity contribution in [3.63, 3.8) is 0 Å². The van der Waals surface area contributed by atoms with E-state index < -0.39 is 26.5 Å². The zero-order valence-electron chi connectivity index (χ0n) is 36.9. The fourth-order valence-electron chi connectivity index (χ4n) is 5.81. The van der Waals surface area contributed by atoms with E-state index in [1.807, 2.05) is 34.1 Å². The maximum absolute atomic E-state index is 12.7. The Balaban J connectivity index is 4.45. The topological polar surface area (TPSA) is 129 Å². The Morgan fingerprint density at radius 2 is 1.09 bits per heavy atom. The lowest BCUT2D eigenvalue weighted by Crippen LogP contribution is -2.37. The zero-order valence-corrected chi connectivity index (χ0v) is 37.8. The largest absolute Gasteiger partial charge is 0.472 e. The molecule has 3 unspecified atom stereocenters. The van der Waals surface area contributed by atoms with Crippen LogP contribution in [0.3, 0.4) is 0 Å². The molecule has 0 heterocycles. The highest BCUT2D eigenvalue weighted by atomic mass is 31.2. The standard InChI is InChI=1S/C46H84NO9P/c1-6-8-9-10-11-12-13-14-15-19-22-25-28-31-34-37-45(49)53-41-44(42-55-57(51,52)54-40-39-47(3,4)5)56-46(50)38-35-32-29-26-23-20-17-16-18-21-24-27-30-33-36-43(48)7-2/h17-18,20-21,26-27,29-30,43-44,48H,6-16,19,22-25,28,31-42H2,1-5H3/p+1/b20-17-,21-18-,29-26-,30-27-. The van der Waals surface area contributed by atoms with Crippen LogP contribution in [0.15, 0.2) is 48.6 Å². The average molecular weight is 827 g/mol. The molecule has 0 fully saturated rings. The molecule has 10 nitrogen and oxygen atoms in total. The summed E-state index contributed by atoms with van der Waals surface area (Å²) >= 11 is 0. The van der Waals surface area contributed by atoms with Crippen molar-refractivity contribution in [1.29, 1.82) is 0 Å². The number of unbranched alkanes of at least 4 members (excludes halogenated alkanes) is 15. The van der Waals surface area contributed by atoms with E-state index in [1.54, 1.807) is 0 Å². The number of quaternary nitrogens is 1. The number of ether oxygens (including phenoxy) is 2. The summed E-state index contributed by atoms with van der Waals surface area (Å²) in [7, 11) is 1.42. The number of allylic oxidation sites excluding steroid dienone is 8. The summed E-state index contributed by atoms with van der Waals surface area (Å²) in [4.78, 5) is 35.3. The Morgan fingerprint density at radius 3 is 1.60 bits per heavy atom. The molecule has 0 saturated heterocycles. The van der Waals surface area contributed by atoms with Gasteiger partial charge in [0, 0.05) is 12.8 Å². The van der Waals surface area contributed by atoms with Crippen LogP contribution in [0.5, 0.6) is 0 Å². The van der Waals surface area contributed by atoms with Crippen molar-refractivity contribution in [2.45, 2.75) is 187 Å². The Labute approximate surface area is 348 Å². The van der Waals surface area contributed by atoms with Crippen molar-refractivity contribution >= 4 is 19.8 Å². The lowest BCUT2D eigenvalue weighted by Gasteiger charge is -2.24. The Morgan fingerprint density at radius 1 is 0.614 bits per heavy atom. The van der Waals surface area contributed by atoms with E-state index >= 15 is 0 Å². The Kier molecular flexibility index (Phi) is 36.8. The third kappa shape index (κ3) is 41.9. The van der Waals surface area contributed by atoms with E-state index in [9.17, 15) is 24.2 Å². The maximum atomic E-state index is 12.7. The number of hydrogen-bond acceptors (Lipinski definition) is 8. The van der Waals surface area contributed by atoms with Gasteiger partial charge in [-0.05, 0) is 57.8 Å². The fourth-order valence-corrected chi connectivity index (χ4v) is 6.55. The van der Waals surface area contributed by atoms with Gasteiger partial charge < -0.3 is 24.0 Å². The third-order valence-corrected chi connectivity index (χ3v) is 10.5. The Bertz CT molecular complexity index is 1130. The van der Waals surface area contributed by atoms with Crippen LogP contribution in [0.4, 0.5) is 0 Å². The first kappa shape index (κ1) is 54.9. The zero-order chi connectivity index (χ0) is 42.3. The predicted molar refractivity (Wildman–Crippen MR) is 235 cm³/mol. The normalized spacial score (nSPS) is 14.6. The number of likely N-dealkylation sites (N-methyl/N-ethyl adjacent to an activating group) is 1. The van der Waals surface area contributed by atoms with Gasteiger partial charge in [-0.3, -0.25) is 18.6 Å². The molecule has 0 bridgehead atoms. The van der Waals surface area contributed by atoms with Gasteiger partial charge in [0.25, 0.3) is 0 Å². The van der Waals surface area contributed by atoms with Crippen LogP contribution < -0.4 is 0 Å². The minimum absolute atomic E-state index is 0.0149. The second kappa shape index (κ2) is 38.2. The van der Waals surface area contributed by atoms with E-state index in [1.165, 1.54) is 77.0 Å². The quantitative estimate of drug-likeness (QED) is 0.0204. The van der Waals surface area contributed by atoms with E-state index in [0.29, 0.717) is 23.9 Å². The van der Waals surface area contributed by atoms with Gasteiger partial charge in [-0.1, -0.05) is 152 Å². The van der Waals surface area contributed by atoms with Crippen molar-refractivity contribution in [2.24, 2.45) is 0 Å². The molecule has 0 aliphatic heterocycles. The third-order valence-electron chi connectivity index (χ3n) is 9.53. The summed E-state index contributed by atoms with van der Waals surface area (Å²) in [5.41, 5.74) is 0. The van der Waals surface area contributed by atoms with Crippen molar-refractivity contribution < 1.29 is 47.2 Å². The molecule has 0 spiro atoms. The second-order valence-electron chi connectivity index (χ2n) is 16.2. The number of aliphatic hydroxyl groups excluding tert-OH is 1. The van der Waals surface area contributed by atoms with Gasteiger partial charge in [0.1, 0.15) is 19.8 Å². The van der Waals surface area contributed by atoms with E-state index in [-0.39, 0.29) is 38.1 Å². The molecule has 0 aromatic carbocycles. The molecule has 0 aliphatic carbocycles. The van der Waals surface area contributed by atoms with Gasteiger partial charge in [-0.2, -0.15) is 0 Å². The number of hydrogen-bond donors (Lipinski definition) is 2. The summed E-state index contributed by atoms with van der Waals surface area (Å²) in [6, 6.07) is 0. The highest BCUT2D eigenvalue weighted by Crippen LogP contribution is 2.43. The number of rotatable bonds is 40. The molecule has 57 heavy (non-hydrogen) atoms. The summed E-state index contributed by atoms with van der Waals surface area (Å²) in [5, 5.41) is 9.57. The summed E-state index contributed by atoms with van der Waals surface area (Å²) in [6.45, 7) is 4.07. The van der Waals surface area contributed by atoms with Crippen LogP contribution in [0.25, 0.3) is 0 Å². The lowest BCUT2D eigenvalue weighted by molar-refractivity contribution is -0.870. The van der Waals surface area contributed by atoms with Crippen LogP contribution in [-0.4, -0.2) is 86.1 Å². The highest BCUT2D eigenvalue weighted by Gasteiger charge is 2.27. The molecule has 0 rings (SSSR count). The van der Waals surface area contributed by atoms with Crippen LogP contribution in [0.1, 0.15) is 174 Å². The molecule has 0 aliphatic rings. The van der Waals surface area contributed by atoms with E-state index in [2.05, 4.69) is 49.5 Å². The van der Waals surface area contributed by atoms with E-state index in [4.69, 9.17) is 18.5 Å². The van der Waals surface area contributed by atoms with Crippen molar-refractivity contribution in [2.75, 3.05) is 47.5 Å². The number of esters is 2. The molecule has 3 atom stereocenters. The molecular formula is C46H85NO9P+. The van der Waals surface area contributed by atoms with Crippen molar-refractivity contribution in [1.82, 2.24) is 0 Å². The number of carbonyl (C=O) groups is 2. The van der Waals surface area contributed by atoms with E-state index in [0.717, 1.165) is 57.8 Å². The molecule has 11 heteroatoms. The molecule has 332 valence electrons. The molecule has 0 saturated carbocycles. The van der Waals surface area contributed by atoms with Crippen LogP contribution in [-0.2, 0) is 32.7 Å². The second-order valence-corrected chi connectivity index (χ2v) is 17.7. The highest BCUT2D eigenvalue weighted by molar-refractivity contribution is 7.47. The minimum Gasteiger partial charge on any atom is -0.462 e. The van der Waals surface area contributed by atoms with Gasteiger partial charge >= 0.3 is 19.8 Å². The van der Waals surface area contributed by atoms with Crippen LogP contribution in [0, 0.1) is 0 Å². The minimum atomic E-state index is -4.40. The lowest BCUT2D eigenvalue weighted by atomic mass is 10.0.